The van der Waals surface area contributed by atoms with Crippen molar-refractivity contribution in [2.45, 2.75) is 362 Å². The number of hydrogen-bond donors (Lipinski definition) is 0. The van der Waals surface area contributed by atoms with Crippen LogP contribution in [-0.2, 0) is 23.9 Å². The first-order valence-corrected chi connectivity index (χ1v) is 40.0. The monoisotopic (exact) mass is 1290 g/mol. The minimum Gasteiger partial charge on any atom is -0.381 e. The highest BCUT2D eigenvalue weighted by Gasteiger charge is 2.28. The molecular weight excluding hydrogens is 1140 g/mol. The van der Waals surface area contributed by atoms with Crippen LogP contribution in [-0.4, -0.2) is 86.4 Å². The number of ether oxygens (including phenoxy) is 1. The van der Waals surface area contributed by atoms with Crippen molar-refractivity contribution >= 4 is 23.1 Å². The Balaban J connectivity index is 5.04. The van der Waals surface area contributed by atoms with Crippen LogP contribution in [0, 0.1) is 11.8 Å². The standard InChI is InChI=1S/C86H152N2O5/c1-7-11-15-19-23-27-31-35-39-43-47-51-55-59-63-71-83(89)81(84(90)72-64-60-56-52-48-44-40-36-32-28-24-20-16-12-8-2)79-87(5)75-67-69-77-93-78-70-68-76-88(6)80-82(85(91)73-65-61-57-53-49-45-41-37-33-29-25-21-17-13-9-3)86(92)74-66-62-58-54-50-46-42-38-34-30-26-22-18-14-10-4/h23-30,35-42,81-82H,7-22,31-34,43-80H2,1-6H3/b27-23-,28-24-,29-25-,30-26-,39-35-,40-36-,41-37-,42-38-. The van der Waals surface area contributed by atoms with Crippen molar-refractivity contribution in [2.24, 2.45) is 11.8 Å². The lowest BCUT2D eigenvalue weighted by molar-refractivity contribution is -0.135. The van der Waals surface area contributed by atoms with Crippen molar-refractivity contribution in [2.75, 3.05) is 53.5 Å². The molecule has 0 aliphatic carbocycles. The van der Waals surface area contributed by atoms with Gasteiger partial charge in [-0.05, 0) is 207 Å². The number of Topliss-reactive ketones (excluding diaryl/α,β-unsaturated/α-hetero) is 4. The summed E-state index contributed by atoms with van der Waals surface area (Å²) in [5.74, 6) is -0.493. The zero-order valence-corrected chi connectivity index (χ0v) is 62.3. The number of hydrogen-bond acceptors (Lipinski definition) is 7. The number of ketones is 4. The van der Waals surface area contributed by atoms with Gasteiger partial charge < -0.3 is 14.5 Å². The number of rotatable bonds is 74. The number of carbonyl (C=O) groups is 4. The Bertz CT molecular complexity index is 1650. The first kappa shape index (κ1) is 89.5. The lowest BCUT2D eigenvalue weighted by Crippen LogP contribution is -2.36. The zero-order chi connectivity index (χ0) is 67.7. The molecule has 0 bridgehead atoms. The van der Waals surface area contributed by atoms with Gasteiger partial charge in [0, 0.05) is 52.0 Å². The maximum atomic E-state index is 13.8. The Morgan fingerprint density at radius 2 is 0.462 bits per heavy atom. The van der Waals surface area contributed by atoms with E-state index in [9.17, 15) is 19.2 Å². The van der Waals surface area contributed by atoms with Crippen molar-refractivity contribution in [1.29, 1.82) is 0 Å². The Hall–Kier alpha value is -3.52. The summed E-state index contributed by atoms with van der Waals surface area (Å²) in [7, 11) is 4.14. The summed E-state index contributed by atoms with van der Waals surface area (Å²) in [4.78, 5) is 59.6. The molecule has 0 spiro atoms. The molecule has 0 saturated heterocycles. The smallest absolute Gasteiger partial charge is 0.144 e. The van der Waals surface area contributed by atoms with E-state index in [1.807, 2.05) is 0 Å². The highest BCUT2D eigenvalue weighted by atomic mass is 16.5. The molecule has 0 atom stereocenters. The number of allylic oxidation sites excluding steroid dienone is 16. The highest BCUT2D eigenvalue weighted by molar-refractivity contribution is 6.03. The number of carbonyl (C=O) groups excluding carboxylic acids is 4. The fraction of sp³-hybridized carbons (Fsp3) is 0.767. The van der Waals surface area contributed by atoms with Gasteiger partial charge in [0.15, 0.2) is 0 Å². The first-order valence-electron chi connectivity index (χ1n) is 40.0. The van der Waals surface area contributed by atoms with Crippen LogP contribution in [0.1, 0.15) is 362 Å². The summed E-state index contributed by atoms with van der Waals surface area (Å²) in [6, 6.07) is 0. The quantitative estimate of drug-likeness (QED) is 0.0341. The molecule has 0 aliphatic rings. The molecule has 0 aromatic rings. The van der Waals surface area contributed by atoms with Crippen molar-refractivity contribution < 1.29 is 23.9 Å². The summed E-state index contributed by atoms with van der Waals surface area (Å²) in [6.45, 7) is 13.1. The largest absolute Gasteiger partial charge is 0.381 e. The van der Waals surface area contributed by atoms with Gasteiger partial charge >= 0.3 is 0 Å². The van der Waals surface area contributed by atoms with Crippen LogP contribution >= 0.6 is 0 Å². The normalized spacial score (nSPS) is 12.6. The fourth-order valence-electron chi connectivity index (χ4n) is 12.0. The SMILES string of the molecule is CCCCC/C=C\C/C=C\CCCCCCCC(=O)C(CN(C)CCCCOCCCCN(C)CC(C(=O)CCCCCCC/C=C\C/C=C\CCCCC)C(=O)CCCCCCC/C=C\C/C=C\CCCCC)C(=O)CCCCCCC/C=C\C/C=C\CCCCC. The molecule has 0 N–H and O–H groups in total. The lowest BCUT2D eigenvalue weighted by atomic mass is 9.91. The summed E-state index contributed by atoms with van der Waals surface area (Å²) in [5, 5.41) is 0. The molecule has 0 heterocycles. The molecule has 536 valence electrons. The van der Waals surface area contributed by atoms with Crippen LogP contribution in [0.3, 0.4) is 0 Å². The van der Waals surface area contributed by atoms with Gasteiger partial charge in [0.2, 0.25) is 0 Å². The fourth-order valence-corrected chi connectivity index (χ4v) is 12.0. The predicted octanol–water partition coefficient (Wildman–Crippen LogP) is 25.2. The van der Waals surface area contributed by atoms with Gasteiger partial charge in [-0.25, -0.2) is 0 Å². The van der Waals surface area contributed by atoms with Gasteiger partial charge in [0.1, 0.15) is 23.1 Å². The van der Waals surface area contributed by atoms with Gasteiger partial charge in [-0.2, -0.15) is 0 Å². The van der Waals surface area contributed by atoms with E-state index in [1.54, 1.807) is 0 Å². The Morgan fingerprint density at radius 1 is 0.258 bits per heavy atom. The van der Waals surface area contributed by atoms with Crippen LogP contribution in [0.2, 0.25) is 0 Å². The Morgan fingerprint density at radius 3 is 0.688 bits per heavy atom. The van der Waals surface area contributed by atoms with Gasteiger partial charge in [0.05, 0.1) is 11.8 Å². The van der Waals surface area contributed by atoms with E-state index in [2.05, 4.69) is 149 Å². The third-order valence-electron chi connectivity index (χ3n) is 18.2. The van der Waals surface area contributed by atoms with Gasteiger partial charge in [-0.1, -0.05) is 253 Å². The van der Waals surface area contributed by atoms with Gasteiger partial charge in [-0.15, -0.1) is 0 Å². The summed E-state index contributed by atoms with van der Waals surface area (Å²) in [5.41, 5.74) is 0. The van der Waals surface area contributed by atoms with Crippen molar-refractivity contribution in [3.05, 3.63) is 97.2 Å². The average molecular weight is 1290 g/mol. The second-order valence-corrected chi connectivity index (χ2v) is 27.4. The molecule has 7 heteroatoms. The van der Waals surface area contributed by atoms with E-state index in [-0.39, 0.29) is 23.1 Å². The van der Waals surface area contributed by atoms with Crippen LogP contribution in [0.4, 0.5) is 0 Å². The molecule has 0 unspecified atom stereocenters. The van der Waals surface area contributed by atoms with Crippen LogP contribution < -0.4 is 0 Å². The average Bonchev–Trinajstić information content (AvgIpc) is 1.79. The minimum atomic E-state index is -0.529. The van der Waals surface area contributed by atoms with E-state index in [4.69, 9.17) is 4.74 Å². The Labute approximate surface area is 578 Å². The maximum Gasteiger partial charge on any atom is 0.144 e. The second-order valence-electron chi connectivity index (χ2n) is 27.4. The summed E-state index contributed by atoms with van der Waals surface area (Å²) in [6.07, 6.45) is 93.4. The third-order valence-corrected chi connectivity index (χ3v) is 18.2. The lowest BCUT2D eigenvalue weighted by Gasteiger charge is -2.23. The number of unbranched alkanes of at least 4 members (excludes halogenated alkanes) is 34. The van der Waals surface area contributed by atoms with E-state index in [1.165, 1.54) is 154 Å². The highest BCUT2D eigenvalue weighted by Crippen LogP contribution is 2.20. The molecule has 0 radical (unpaired) electrons. The third kappa shape index (κ3) is 65.5. The van der Waals surface area contributed by atoms with Crippen molar-refractivity contribution in [3.63, 3.8) is 0 Å². The van der Waals surface area contributed by atoms with Crippen molar-refractivity contribution in [1.82, 2.24) is 9.80 Å². The maximum absolute atomic E-state index is 13.8. The first-order chi connectivity index (χ1) is 45.7. The molecule has 7 nitrogen and oxygen atoms in total. The van der Waals surface area contributed by atoms with Gasteiger partial charge in [-0.3, -0.25) is 19.2 Å². The van der Waals surface area contributed by atoms with E-state index < -0.39 is 11.8 Å². The zero-order valence-electron chi connectivity index (χ0n) is 62.3. The van der Waals surface area contributed by atoms with Gasteiger partial charge in [0.25, 0.3) is 0 Å². The van der Waals surface area contributed by atoms with Crippen molar-refractivity contribution in [3.8, 4) is 0 Å². The molecule has 0 saturated carbocycles. The Kier molecular flexibility index (Phi) is 71.5. The minimum absolute atomic E-state index is 0.141. The molecule has 0 fully saturated rings. The van der Waals surface area contributed by atoms with Crippen LogP contribution in [0.5, 0.6) is 0 Å². The molecule has 0 aliphatic heterocycles. The molecular formula is C86H152N2O5. The molecule has 0 amide bonds. The molecule has 0 rings (SSSR count). The molecule has 93 heavy (non-hydrogen) atoms. The molecule has 0 aromatic heterocycles. The second kappa shape index (κ2) is 74.3. The summed E-state index contributed by atoms with van der Waals surface area (Å²) >= 11 is 0. The summed E-state index contributed by atoms with van der Waals surface area (Å²) < 4.78 is 6.11. The topological polar surface area (TPSA) is 84.0 Å². The van der Waals surface area contributed by atoms with E-state index >= 15 is 0 Å². The van der Waals surface area contributed by atoms with Crippen LogP contribution in [0.15, 0.2) is 97.2 Å². The van der Waals surface area contributed by atoms with E-state index in [0.717, 1.165) is 167 Å². The predicted molar refractivity (Wildman–Crippen MR) is 409 cm³/mol. The number of nitrogens with zero attached hydrogens (tertiary/aromatic N) is 2. The van der Waals surface area contributed by atoms with E-state index in [0.29, 0.717) is 52.0 Å². The van der Waals surface area contributed by atoms with Crippen LogP contribution in [0.25, 0.3) is 0 Å². The molecule has 0 aromatic carbocycles.